The number of hydrogen-bond acceptors (Lipinski definition) is 6. The molecule has 0 N–H and O–H groups in total. The van der Waals surface area contributed by atoms with Gasteiger partial charge < -0.3 is 9.30 Å². The number of esters is 1. The van der Waals surface area contributed by atoms with E-state index in [9.17, 15) is 13.2 Å². The first-order chi connectivity index (χ1) is 8.41. The topological polar surface area (TPSA) is 91.2 Å². The molecule has 1 aromatic heterocycles. The molecule has 0 bridgehead atoms. The van der Waals surface area contributed by atoms with Crippen molar-refractivity contribution in [3.63, 3.8) is 0 Å². The number of hydrogen-bond donors (Lipinski definition) is 0. The lowest BCUT2D eigenvalue weighted by molar-refractivity contribution is 0.0505. The van der Waals surface area contributed by atoms with E-state index < -0.39 is 15.8 Å². The number of rotatable bonds is 6. The Bertz CT molecular complexity index is 521. The van der Waals surface area contributed by atoms with Crippen molar-refractivity contribution in [2.45, 2.75) is 27.3 Å². The van der Waals surface area contributed by atoms with Crippen LogP contribution in [0.15, 0.2) is 0 Å². The number of sulfone groups is 1. The molecule has 1 rings (SSSR count). The first-order valence-corrected chi connectivity index (χ1v) is 7.50. The van der Waals surface area contributed by atoms with Crippen LogP contribution in [0.1, 0.15) is 30.3 Å². The average Bonchev–Trinajstić information content (AvgIpc) is 2.68. The number of ether oxygens (including phenoxy) is 1. The fraction of sp³-hybridized carbons (Fsp3) is 0.700. The van der Waals surface area contributed by atoms with Gasteiger partial charge in [-0.3, -0.25) is 0 Å². The normalized spacial score (nSPS) is 11.5. The van der Waals surface area contributed by atoms with Gasteiger partial charge in [-0.2, -0.15) is 0 Å². The summed E-state index contributed by atoms with van der Waals surface area (Å²) in [5, 5.41) is 7.47. The molecule has 0 spiro atoms. The molecule has 18 heavy (non-hydrogen) atoms. The molecule has 0 aromatic carbocycles. The van der Waals surface area contributed by atoms with E-state index in [0.717, 1.165) is 0 Å². The molecule has 8 heteroatoms. The molecule has 0 aliphatic heterocycles. The summed E-state index contributed by atoms with van der Waals surface area (Å²) in [6.07, 6.45) is 0. The quantitative estimate of drug-likeness (QED) is 0.689. The van der Waals surface area contributed by atoms with Crippen molar-refractivity contribution in [1.82, 2.24) is 14.8 Å². The summed E-state index contributed by atoms with van der Waals surface area (Å²) < 4.78 is 29.2. The summed E-state index contributed by atoms with van der Waals surface area (Å²) in [6, 6.07) is 0. The summed E-state index contributed by atoms with van der Waals surface area (Å²) in [5.74, 6) is -0.0328. The van der Waals surface area contributed by atoms with Gasteiger partial charge in [-0.25, -0.2) is 13.2 Å². The minimum absolute atomic E-state index is 0.0423. The van der Waals surface area contributed by atoms with E-state index in [0.29, 0.717) is 5.82 Å². The number of carbonyl (C=O) groups excluding carboxylic acids is 1. The highest BCUT2D eigenvalue weighted by molar-refractivity contribution is 7.91. The van der Waals surface area contributed by atoms with Crippen molar-refractivity contribution in [2.24, 2.45) is 0 Å². The van der Waals surface area contributed by atoms with E-state index in [1.54, 1.807) is 20.8 Å². The highest BCUT2D eigenvalue weighted by Gasteiger charge is 2.19. The maximum atomic E-state index is 11.6. The molecule has 0 fully saturated rings. The summed E-state index contributed by atoms with van der Waals surface area (Å²) in [6.45, 7) is 5.32. The molecule has 7 nitrogen and oxygen atoms in total. The minimum Gasteiger partial charge on any atom is -0.460 e. The molecule has 0 saturated carbocycles. The Balaban J connectivity index is 2.88. The van der Waals surface area contributed by atoms with Crippen LogP contribution in [0.4, 0.5) is 0 Å². The molecule has 0 amide bonds. The molecular formula is C10H17N3O4S. The van der Waals surface area contributed by atoms with E-state index in [1.807, 2.05) is 0 Å². The lowest BCUT2D eigenvalue weighted by Gasteiger charge is -2.07. The first kappa shape index (κ1) is 14.6. The average molecular weight is 275 g/mol. The third-order valence-electron chi connectivity index (χ3n) is 2.46. The zero-order valence-corrected chi connectivity index (χ0v) is 11.5. The van der Waals surface area contributed by atoms with Crippen LogP contribution in [0, 0.1) is 6.92 Å². The van der Waals surface area contributed by atoms with Gasteiger partial charge >= 0.3 is 5.97 Å². The van der Waals surface area contributed by atoms with E-state index >= 15 is 0 Å². The van der Waals surface area contributed by atoms with E-state index in [-0.39, 0.29) is 30.5 Å². The summed E-state index contributed by atoms with van der Waals surface area (Å²) in [5.41, 5.74) is 0. The lowest BCUT2D eigenvalue weighted by Crippen LogP contribution is -2.20. The van der Waals surface area contributed by atoms with Crippen LogP contribution < -0.4 is 0 Å². The van der Waals surface area contributed by atoms with Crippen molar-refractivity contribution >= 4 is 15.8 Å². The van der Waals surface area contributed by atoms with Gasteiger partial charge in [-0.05, 0) is 13.8 Å². The summed E-state index contributed by atoms with van der Waals surface area (Å²) in [4.78, 5) is 11.6. The third-order valence-corrected chi connectivity index (χ3v) is 4.14. The van der Waals surface area contributed by atoms with Gasteiger partial charge in [-0.1, -0.05) is 6.92 Å². The Labute approximate surface area is 106 Å². The molecular weight excluding hydrogens is 258 g/mol. The number of nitrogens with zero attached hydrogens (tertiary/aromatic N) is 3. The van der Waals surface area contributed by atoms with Gasteiger partial charge in [0.15, 0.2) is 9.84 Å². The second-order valence-corrected chi connectivity index (χ2v) is 6.15. The zero-order chi connectivity index (χ0) is 13.8. The standard InChI is InChI=1S/C10H17N3O4S/c1-4-17-10(14)9-12-11-8(3)13(9)6-7-18(15,16)5-2/h4-7H2,1-3H3. The lowest BCUT2D eigenvalue weighted by atomic mass is 10.5. The molecule has 0 aliphatic rings. The predicted molar refractivity (Wildman–Crippen MR) is 65.0 cm³/mol. The second kappa shape index (κ2) is 5.94. The van der Waals surface area contributed by atoms with Crippen molar-refractivity contribution in [3.05, 3.63) is 11.6 Å². The van der Waals surface area contributed by atoms with Crippen LogP contribution in [0.25, 0.3) is 0 Å². The maximum absolute atomic E-state index is 11.6. The van der Waals surface area contributed by atoms with E-state index in [1.165, 1.54) is 4.57 Å². The number of aromatic nitrogens is 3. The summed E-state index contributed by atoms with van der Waals surface area (Å²) in [7, 11) is -3.10. The van der Waals surface area contributed by atoms with Crippen molar-refractivity contribution in [3.8, 4) is 0 Å². The number of aryl methyl sites for hydroxylation is 1. The Morgan fingerprint density at radius 1 is 1.33 bits per heavy atom. The molecule has 102 valence electrons. The fourth-order valence-electron chi connectivity index (χ4n) is 1.37. The Morgan fingerprint density at radius 3 is 2.56 bits per heavy atom. The van der Waals surface area contributed by atoms with E-state index in [4.69, 9.17) is 4.74 Å². The van der Waals surface area contributed by atoms with Gasteiger partial charge in [-0.15, -0.1) is 10.2 Å². The molecule has 0 radical (unpaired) electrons. The molecule has 1 aromatic rings. The van der Waals surface area contributed by atoms with Gasteiger partial charge in [0.05, 0.1) is 12.4 Å². The van der Waals surface area contributed by atoms with Gasteiger partial charge in [0.1, 0.15) is 5.82 Å². The van der Waals surface area contributed by atoms with Gasteiger partial charge in [0.25, 0.3) is 0 Å². The van der Waals surface area contributed by atoms with Crippen molar-refractivity contribution in [2.75, 3.05) is 18.1 Å². The fourth-order valence-corrected chi connectivity index (χ4v) is 2.12. The van der Waals surface area contributed by atoms with Crippen LogP contribution in [-0.2, 0) is 21.1 Å². The molecule has 0 saturated heterocycles. The molecule has 0 aliphatic carbocycles. The number of carbonyl (C=O) groups is 1. The monoisotopic (exact) mass is 275 g/mol. The Morgan fingerprint density at radius 2 is 2.00 bits per heavy atom. The first-order valence-electron chi connectivity index (χ1n) is 5.68. The summed E-state index contributed by atoms with van der Waals surface area (Å²) >= 11 is 0. The van der Waals surface area contributed by atoms with Crippen molar-refractivity contribution < 1.29 is 17.9 Å². The van der Waals surface area contributed by atoms with Crippen molar-refractivity contribution in [1.29, 1.82) is 0 Å². The molecule has 0 unspecified atom stereocenters. The van der Waals surface area contributed by atoms with Crippen LogP contribution in [-0.4, -0.2) is 47.3 Å². The van der Waals surface area contributed by atoms with Crippen LogP contribution >= 0.6 is 0 Å². The predicted octanol–water partition coefficient (Wildman–Crippen LogP) is 0.198. The van der Waals surface area contributed by atoms with Crippen LogP contribution in [0.5, 0.6) is 0 Å². The molecule has 1 heterocycles. The SMILES string of the molecule is CCOC(=O)c1nnc(C)n1CCS(=O)(=O)CC. The van der Waals surface area contributed by atoms with Crippen LogP contribution in [0.3, 0.4) is 0 Å². The minimum atomic E-state index is -3.10. The maximum Gasteiger partial charge on any atom is 0.376 e. The Kier molecular flexibility index (Phi) is 4.83. The van der Waals surface area contributed by atoms with E-state index in [2.05, 4.69) is 10.2 Å². The third kappa shape index (κ3) is 3.52. The highest BCUT2D eigenvalue weighted by Crippen LogP contribution is 2.04. The zero-order valence-electron chi connectivity index (χ0n) is 10.7. The van der Waals surface area contributed by atoms with Crippen LogP contribution in [0.2, 0.25) is 0 Å². The smallest absolute Gasteiger partial charge is 0.376 e. The Hall–Kier alpha value is -1.44. The highest BCUT2D eigenvalue weighted by atomic mass is 32.2. The van der Waals surface area contributed by atoms with Gasteiger partial charge in [0.2, 0.25) is 5.82 Å². The second-order valence-electron chi connectivity index (χ2n) is 3.68. The van der Waals surface area contributed by atoms with Gasteiger partial charge in [0, 0.05) is 12.3 Å². The molecule has 0 atom stereocenters. The largest absolute Gasteiger partial charge is 0.460 e.